The van der Waals surface area contributed by atoms with Crippen LogP contribution in [0.4, 0.5) is 4.39 Å². The molecule has 0 bridgehead atoms. The SMILES string of the molecule is O=C(C1CC1)N1CC(=O)N2[C@H](CO)[C@@H](c3ccc(-c4ccccc4F)cc3)[C@@H]2C1. The van der Waals surface area contributed by atoms with Crippen molar-refractivity contribution in [2.75, 3.05) is 19.7 Å². The molecule has 2 aromatic carbocycles. The van der Waals surface area contributed by atoms with Crippen molar-refractivity contribution in [1.82, 2.24) is 9.80 Å². The molecule has 5 rings (SSSR count). The molecule has 6 heteroatoms. The predicted octanol–water partition coefficient (Wildman–Crippen LogP) is 2.40. The highest BCUT2D eigenvalue weighted by Crippen LogP contribution is 2.44. The summed E-state index contributed by atoms with van der Waals surface area (Å²) >= 11 is 0. The fourth-order valence-electron chi connectivity index (χ4n) is 4.84. The average Bonchev–Trinajstić information content (AvgIpc) is 3.55. The number of carbonyl (C=O) groups excluding carboxylic acids is 2. The van der Waals surface area contributed by atoms with Crippen LogP contribution in [0.15, 0.2) is 48.5 Å². The van der Waals surface area contributed by atoms with Gasteiger partial charge in [-0.1, -0.05) is 42.5 Å². The van der Waals surface area contributed by atoms with Crippen LogP contribution in [0.2, 0.25) is 0 Å². The number of piperazine rings is 1. The Balaban J connectivity index is 1.40. The van der Waals surface area contributed by atoms with Crippen LogP contribution in [0.3, 0.4) is 0 Å². The van der Waals surface area contributed by atoms with E-state index in [1.54, 1.807) is 28.0 Å². The van der Waals surface area contributed by atoms with Gasteiger partial charge in [-0.2, -0.15) is 0 Å². The molecule has 29 heavy (non-hydrogen) atoms. The third kappa shape index (κ3) is 3.02. The smallest absolute Gasteiger partial charge is 0.242 e. The van der Waals surface area contributed by atoms with Gasteiger partial charge in [-0.05, 0) is 30.0 Å². The van der Waals surface area contributed by atoms with Gasteiger partial charge in [0.05, 0.1) is 25.2 Å². The van der Waals surface area contributed by atoms with Crippen LogP contribution in [0, 0.1) is 11.7 Å². The Labute approximate surface area is 168 Å². The number of halogens is 1. The van der Waals surface area contributed by atoms with Gasteiger partial charge in [-0.3, -0.25) is 9.59 Å². The molecule has 3 fully saturated rings. The third-order valence-electron chi connectivity index (χ3n) is 6.47. The molecule has 3 aliphatic rings. The molecule has 0 aromatic heterocycles. The molecule has 0 unspecified atom stereocenters. The van der Waals surface area contributed by atoms with Crippen LogP contribution in [0.25, 0.3) is 11.1 Å². The number of aliphatic hydroxyl groups excluding tert-OH is 1. The Morgan fingerprint density at radius 1 is 1.10 bits per heavy atom. The molecule has 3 atom stereocenters. The second-order valence-corrected chi connectivity index (χ2v) is 8.24. The first-order chi connectivity index (χ1) is 14.1. The Morgan fingerprint density at radius 3 is 2.48 bits per heavy atom. The molecule has 2 amide bonds. The zero-order valence-electron chi connectivity index (χ0n) is 16.0. The summed E-state index contributed by atoms with van der Waals surface area (Å²) in [5.74, 6) is -0.224. The zero-order valence-corrected chi connectivity index (χ0v) is 16.0. The van der Waals surface area contributed by atoms with Gasteiger partial charge >= 0.3 is 0 Å². The van der Waals surface area contributed by atoms with E-state index in [-0.39, 0.29) is 54.7 Å². The van der Waals surface area contributed by atoms with Crippen molar-refractivity contribution in [2.45, 2.75) is 30.8 Å². The summed E-state index contributed by atoms with van der Waals surface area (Å²) in [6.07, 6.45) is 1.83. The standard InChI is InChI=1S/C23H23FN2O3/c24-18-4-2-1-3-17(18)14-5-7-15(8-6-14)22-19-11-25(23(29)16-9-10-16)12-21(28)26(19)20(22)13-27/h1-8,16,19-20,22,27H,9-13H2/t19-,20+,22-/m0/s1. The Morgan fingerprint density at radius 2 is 1.83 bits per heavy atom. The number of aliphatic hydroxyl groups is 1. The van der Waals surface area contributed by atoms with E-state index in [1.807, 2.05) is 24.3 Å². The molecule has 1 N–H and O–H groups in total. The van der Waals surface area contributed by atoms with Crippen LogP contribution in [-0.4, -0.2) is 58.5 Å². The molecule has 150 valence electrons. The van der Waals surface area contributed by atoms with E-state index >= 15 is 0 Å². The maximum Gasteiger partial charge on any atom is 0.242 e. The predicted molar refractivity (Wildman–Crippen MR) is 105 cm³/mol. The lowest BCUT2D eigenvalue weighted by Gasteiger charge is -2.58. The number of amides is 2. The van der Waals surface area contributed by atoms with Crippen LogP contribution < -0.4 is 0 Å². The lowest BCUT2D eigenvalue weighted by atomic mass is 9.73. The highest BCUT2D eigenvalue weighted by Gasteiger charge is 2.55. The molecule has 2 saturated heterocycles. The topological polar surface area (TPSA) is 60.9 Å². The first-order valence-electron chi connectivity index (χ1n) is 10.1. The summed E-state index contributed by atoms with van der Waals surface area (Å²) in [5.41, 5.74) is 2.33. The molecule has 1 aliphatic carbocycles. The second-order valence-electron chi connectivity index (χ2n) is 8.24. The lowest BCUT2D eigenvalue weighted by molar-refractivity contribution is -0.167. The van der Waals surface area contributed by atoms with Gasteiger partial charge in [0.1, 0.15) is 5.82 Å². The van der Waals surface area contributed by atoms with Crippen molar-refractivity contribution >= 4 is 11.8 Å². The molecule has 5 nitrogen and oxygen atoms in total. The largest absolute Gasteiger partial charge is 0.394 e. The van der Waals surface area contributed by atoms with Crippen molar-refractivity contribution in [3.8, 4) is 11.1 Å². The number of carbonyl (C=O) groups is 2. The van der Waals surface area contributed by atoms with Crippen LogP contribution in [0.5, 0.6) is 0 Å². The average molecular weight is 394 g/mol. The molecule has 0 radical (unpaired) electrons. The van der Waals surface area contributed by atoms with Crippen molar-refractivity contribution in [3.05, 3.63) is 59.9 Å². The summed E-state index contributed by atoms with van der Waals surface area (Å²) < 4.78 is 14.1. The molecule has 0 spiro atoms. The quantitative estimate of drug-likeness (QED) is 0.866. The number of hydrogen-bond acceptors (Lipinski definition) is 3. The van der Waals surface area contributed by atoms with E-state index in [2.05, 4.69) is 0 Å². The normalized spacial score (nSPS) is 26.1. The number of hydrogen-bond donors (Lipinski definition) is 1. The van der Waals surface area contributed by atoms with Crippen LogP contribution in [0.1, 0.15) is 24.3 Å². The minimum Gasteiger partial charge on any atom is -0.394 e. The Kier molecular flexibility index (Phi) is 4.39. The fraction of sp³-hybridized carbons (Fsp3) is 0.391. The first kappa shape index (κ1) is 18.3. The van der Waals surface area contributed by atoms with E-state index < -0.39 is 0 Å². The van der Waals surface area contributed by atoms with Crippen LogP contribution in [-0.2, 0) is 9.59 Å². The third-order valence-corrected chi connectivity index (χ3v) is 6.47. The monoisotopic (exact) mass is 394 g/mol. The number of fused-ring (bicyclic) bond motifs is 1. The molecule has 2 aromatic rings. The van der Waals surface area contributed by atoms with Gasteiger partial charge in [0.25, 0.3) is 0 Å². The number of nitrogens with zero attached hydrogens (tertiary/aromatic N) is 2. The van der Waals surface area contributed by atoms with Crippen molar-refractivity contribution in [2.24, 2.45) is 5.92 Å². The summed E-state index contributed by atoms with van der Waals surface area (Å²) in [7, 11) is 0. The molecule has 1 saturated carbocycles. The van der Waals surface area contributed by atoms with Gasteiger partial charge in [-0.15, -0.1) is 0 Å². The maximum atomic E-state index is 14.1. The van der Waals surface area contributed by atoms with Crippen molar-refractivity contribution in [3.63, 3.8) is 0 Å². The minimum atomic E-state index is -0.273. The van der Waals surface area contributed by atoms with Gasteiger partial charge in [0.15, 0.2) is 0 Å². The minimum absolute atomic E-state index is 0.0339. The van der Waals surface area contributed by atoms with Gasteiger partial charge in [0, 0.05) is 23.9 Å². The summed E-state index contributed by atoms with van der Waals surface area (Å²) in [6.45, 7) is 0.511. The van der Waals surface area contributed by atoms with E-state index in [1.165, 1.54) is 6.07 Å². The number of benzene rings is 2. The highest BCUT2D eigenvalue weighted by molar-refractivity contribution is 5.89. The number of rotatable bonds is 4. The van der Waals surface area contributed by atoms with Gasteiger partial charge in [0.2, 0.25) is 11.8 Å². The highest BCUT2D eigenvalue weighted by atomic mass is 19.1. The summed E-state index contributed by atoms with van der Waals surface area (Å²) in [6, 6.07) is 13.9. The molecular formula is C23H23FN2O3. The van der Waals surface area contributed by atoms with E-state index in [9.17, 15) is 19.1 Å². The van der Waals surface area contributed by atoms with Gasteiger partial charge < -0.3 is 14.9 Å². The van der Waals surface area contributed by atoms with Gasteiger partial charge in [-0.25, -0.2) is 4.39 Å². The zero-order chi connectivity index (χ0) is 20.1. The lowest BCUT2D eigenvalue weighted by Crippen LogP contribution is -2.73. The Bertz CT molecular complexity index is 957. The van der Waals surface area contributed by atoms with E-state index in [4.69, 9.17) is 0 Å². The summed E-state index contributed by atoms with van der Waals surface area (Å²) in [5, 5.41) is 9.89. The van der Waals surface area contributed by atoms with E-state index in [0.717, 1.165) is 24.0 Å². The van der Waals surface area contributed by atoms with E-state index in [0.29, 0.717) is 12.1 Å². The Hall–Kier alpha value is -2.73. The fourth-order valence-corrected chi connectivity index (χ4v) is 4.84. The molecule has 2 aliphatic heterocycles. The van der Waals surface area contributed by atoms with Crippen LogP contribution >= 0.6 is 0 Å². The summed E-state index contributed by atoms with van der Waals surface area (Å²) in [4.78, 5) is 28.5. The van der Waals surface area contributed by atoms with Crippen molar-refractivity contribution < 1.29 is 19.1 Å². The molecular weight excluding hydrogens is 371 g/mol. The van der Waals surface area contributed by atoms with Crippen molar-refractivity contribution in [1.29, 1.82) is 0 Å². The second kappa shape index (κ2) is 6.95. The maximum absolute atomic E-state index is 14.1. The molecule has 2 heterocycles. The first-order valence-corrected chi connectivity index (χ1v) is 10.1.